The molecule has 1 atom stereocenters. The maximum atomic E-state index is 13.8. The number of hydrogen-bond donors (Lipinski definition) is 2. The monoisotopic (exact) mass is 256 g/mol. The highest BCUT2D eigenvalue weighted by molar-refractivity contribution is 5.23. The molecule has 1 fully saturated rings. The van der Waals surface area contributed by atoms with Gasteiger partial charge in [-0.05, 0) is 6.07 Å². The lowest BCUT2D eigenvalue weighted by molar-refractivity contribution is 0.0268. The predicted octanol–water partition coefficient (Wildman–Crippen LogP) is 0.470. The smallest absolute Gasteiger partial charge is 0.250 e. The Kier molecular flexibility index (Phi) is 4.11. The van der Waals surface area contributed by atoms with E-state index in [0.29, 0.717) is 38.3 Å². The van der Waals surface area contributed by atoms with Crippen LogP contribution in [0.5, 0.6) is 5.88 Å². The van der Waals surface area contributed by atoms with Crippen LogP contribution >= 0.6 is 0 Å². The Bertz CT molecular complexity index is 408. The van der Waals surface area contributed by atoms with E-state index >= 15 is 0 Å². The summed E-state index contributed by atoms with van der Waals surface area (Å²) in [7, 11) is 1.38. The van der Waals surface area contributed by atoms with Crippen LogP contribution in [-0.2, 0) is 11.3 Å². The van der Waals surface area contributed by atoms with Gasteiger partial charge in [0.05, 0.1) is 13.7 Å². The van der Waals surface area contributed by atoms with Crippen molar-refractivity contribution in [3.05, 3.63) is 23.6 Å². The second kappa shape index (κ2) is 5.60. The van der Waals surface area contributed by atoms with Crippen LogP contribution < -0.4 is 10.1 Å². The highest BCUT2D eigenvalue weighted by Crippen LogP contribution is 2.19. The molecule has 18 heavy (non-hydrogen) atoms. The Labute approximate surface area is 105 Å². The van der Waals surface area contributed by atoms with Crippen molar-refractivity contribution in [1.82, 2.24) is 10.3 Å². The second-order valence-corrected chi connectivity index (χ2v) is 4.42. The average molecular weight is 256 g/mol. The molecule has 2 heterocycles. The second-order valence-electron chi connectivity index (χ2n) is 4.42. The summed E-state index contributed by atoms with van der Waals surface area (Å²) in [4.78, 5) is 3.76. The minimum absolute atomic E-state index is 0.0165. The van der Waals surface area contributed by atoms with Gasteiger partial charge in [0.2, 0.25) is 5.88 Å². The van der Waals surface area contributed by atoms with Gasteiger partial charge in [0.25, 0.3) is 0 Å². The number of nitrogens with one attached hydrogen (secondary N) is 1. The molecular formula is C12H17FN2O3. The largest absolute Gasteiger partial charge is 0.479 e. The lowest BCUT2D eigenvalue weighted by Gasteiger charge is -2.20. The van der Waals surface area contributed by atoms with Gasteiger partial charge >= 0.3 is 0 Å². The zero-order valence-corrected chi connectivity index (χ0v) is 10.3. The van der Waals surface area contributed by atoms with Crippen LogP contribution in [0, 0.1) is 5.82 Å². The van der Waals surface area contributed by atoms with Gasteiger partial charge in [-0.15, -0.1) is 0 Å². The number of pyridine rings is 1. The SMILES string of the molecule is COc1nccc(CNCC2(O)CCOC2)c1F. The summed E-state index contributed by atoms with van der Waals surface area (Å²) in [5, 5.41) is 13.0. The van der Waals surface area contributed by atoms with Crippen molar-refractivity contribution in [2.45, 2.75) is 18.6 Å². The molecule has 0 bridgehead atoms. The standard InChI is InChI=1S/C12H17FN2O3/c1-17-11-10(13)9(2-4-15-11)6-14-7-12(16)3-5-18-8-12/h2,4,14,16H,3,5-8H2,1H3. The van der Waals surface area contributed by atoms with Gasteiger partial charge < -0.3 is 19.9 Å². The highest BCUT2D eigenvalue weighted by Gasteiger charge is 2.31. The van der Waals surface area contributed by atoms with Crippen LogP contribution in [0.15, 0.2) is 12.3 Å². The lowest BCUT2D eigenvalue weighted by Crippen LogP contribution is -2.40. The Balaban J connectivity index is 1.90. The summed E-state index contributed by atoms with van der Waals surface area (Å²) in [5.41, 5.74) is -0.377. The zero-order chi connectivity index (χ0) is 13.0. The molecule has 1 aliphatic rings. The summed E-state index contributed by atoms with van der Waals surface area (Å²) in [5.74, 6) is -0.487. The first kappa shape index (κ1) is 13.2. The van der Waals surface area contributed by atoms with Crippen molar-refractivity contribution in [3.8, 4) is 5.88 Å². The van der Waals surface area contributed by atoms with Crippen molar-refractivity contribution in [1.29, 1.82) is 0 Å². The zero-order valence-electron chi connectivity index (χ0n) is 10.3. The maximum Gasteiger partial charge on any atom is 0.250 e. The molecule has 0 spiro atoms. The molecule has 5 nitrogen and oxygen atoms in total. The molecule has 0 radical (unpaired) electrons. The summed E-state index contributed by atoms with van der Waals surface area (Å²) < 4.78 is 23.7. The number of aliphatic hydroxyl groups is 1. The Morgan fingerprint density at radius 3 is 3.17 bits per heavy atom. The molecule has 1 aliphatic heterocycles. The van der Waals surface area contributed by atoms with Crippen LogP contribution in [0.1, 0.15) is 12.0 Å². The van der Waals surface area contributed by atoms with E-state index in [1.807, 2.05) is 0 Å². The molecule has 2 rings (SSSR count). The topological polar surface area (TPSA) is 63.6 Å². The quantitative estimate of drug-likeness (QED) is 0.802. The molecule has 1 aromatic rings. The first-order chi connectivity index (χ1) is 8.64. The van der Waals surface area contributed by atoms with E-state index < -0.39 is 11.4 Å². The Hall–Kier alpha value is -1.24. The molecular weight excluding hydrogens is 239 g/mol. The van der Waals surface area contributed by atoms with Crippen molar-refractivity contribution in [2.24, 2.45) is 0 Å². The van der Waals surface area contributed by atoms with Crippen molar-refractivity contribution < 1.29 is 19.0 Å². The molecule has 0 aliphatic carbocycles. The fraction of sp³-hybridized carbons (Fsp3) is 0.583. The van der Waals surface area contributed by atoms with E-state index in [1.165, 1.54) is 13.3 Å². The van der Waals surface area contributed by atoms with Crippen LogP contribution in [0.3, 0.4) is 0 Å². The van der Waals surface area contributed by atoms with E-state index in [0.717, 1.165) is 0 Å². The summed E-state index contributed by atoms with van der Waals surface area (Å²) in [6.07, 6.45) is 2.09. The summed E-state index contributed by atoms with van der Waals surface area (Å²) >= 11 is 0. The Morgan fingerprint density at radius 1 is 1.67 bits per heavy atom. The van der Waals surface area contributed by atoms with E-state index in [2.05, 4.69) is 10.3 Å². The van der Waals surface area contributed by atoms with Gasteiger partial charge in [0.15, 0.2) is 5.82 Å². The molecule has 1 saturated heterocycles. The fourth-order valence-electron chi connectivity index (χ4n) is 1.91. The van der Waals surface area contributed by atoms with Crippen molar-refractivity contribution in [3.63, 3.8) is 0 Å². The van der Waals surface area contributed by atoms with Gasteiger partial charge in [-0.1, -0.05) is 0 Å². The number of nitrogens with zero attached hydrogens (tertiary/aromatic N) is 1. The van der Waals surface area contributed by atoms with E-state index in [1.54, 1.807) is 6.07 Å². The van der Waals surface area contributed by atoms with Crippen LogP contribution in [0.4, 0.5) is 4.39 Å². The van der Waals surface area contributed by atoms with Crippen molar-refractivity contribution >= 4 is 0 Å². The number of rotatable bonds is 5. The van der Waals surface area contributed by atoms with Gasteiger partial charge in [-0.3, -0.25) is 0 Å². The van der Waals surface area contributed by atoms with Crippen LogP contribution in [-0.4, -0.2) is 42.6 Å². The number of ether oxygens (including phenoxy) is 2. The summed E-state index contributed by atoms with van der Waals surface area (Å²) in [6, 6.07) is 1.58. The molecule has 0 aromatic carbocycles. The molecule has 1 aromatic heterocycles. The maximum absolute atomic E-state index is 13.8. The van der Waals surface area contributed by atoms with E-state index in [-0.39, 0.29) is 5.88 Å². The molecule has 0 amide bonds. The minimum Gasteiger partial charge on any atom is -0.479 e. The third-order valence-electron chi connectivity index (χ3n) is 2.98. The van der Waals surface area contributed by atoms with Gasteiger partial charge in [0.1, 0.15) is 5.60 Å². The Morgan fingerprint density at radius 2 is 2.50 bits per heavy atom. The fourth-order valence-corrected chi connectivity index (χ4v) is 1.91. The third kappa shape index (κ3) is 2.95. The van der Waals surface area contributed by atoms with Crippen molar-refractivity contribution in [2.75, 3.05) is 26.9 Å². The highest BCUT2D eigenvalue weighted by atomic mass is 19.1. The van der Waals surface area contributed by atoms with E-state index in [9.17, 15) is 9.50 Å². The van der Waals surface area contributed by atoms with Crippen LogP contribution in [0.2, 0.25) is 0 Å². The number of halogens is 1. The first-order valence-corrected chi connectivity index (χ1v) is 5.83. The van der Waals surface area contributed by atoms with Gasteiger partial charge in [-0.25, -0.2) is 9.37 Å². The normalized spacial score (nSPS) is 23.3. The first-order valence-electron chi connectivity index (χ1n) is 5.83. The molecule has 6 heteroatoms. The average Bonchev–Trinajstić information content (AvgIpc) is 2.79. The third-order valence-corrected chi connectivity index (χ3v) is 2.98. The van der Waals surface area contributed by atoms with E-state index in [4.69, 9.17) is 9.47 Å². The molecule has 1 unspecified atom stereocenters. The predicted molar refractivity (Wildman–Crippen MR) is 62.8 cm³/mol. The molecule has 2 N–H and O–H groups in total. The van der Waals surface area contributed by atoms with Crippen LogP contribution in [0.25, 0.3) is 0 Å². The molecule has 0 saturated carbocycles. The summed E-state index contributed by atoms with van der Waals surface area (Å²) in [6.45, 7) is 1.57. The van der Waals surface area contributed by atoms with Gasteiger partial charge in [0, 0.05) is 37.9 Å². The number of methoxy groups -OCH3 is 1. The molecule has 100 valence electrons. The lowest BCUT2D eigenvalue weighted by atomic mass is 10.0. The number of aromatic nitrogens is 1. The van der Waals surface area contributed by atoms with Gasteiger partial charge in [-0.2, -0.15) is 0 Å². The minimum atomic E-state index is -0.840. The number of hydrogen-bond acceptors (Lipinski definition) is 5.